The minimum absolute atomic E-state index is 0.0206. The number of ether oxygens (including phenoxy) is 2. The Kier molecular flexibility index (Phi) is 5.61. The first-order valence-corrected chi connectivity index (χ1v) is 10.9. The number of imide groups is 1. The molecule has 0 radical (unpaired) electrons. The van der Waals surface area contributed by atoms with Gasteiger partial charge in [0.15, 0.2) is 0 Å². The molecule has 1 saturated heterocycles. The van der Waals surface area contributed by atoms with Crippen molar-refractivity contribution in [3.63, 3.8) is 0 Å². The summed E-state index contributed by atoms with van der Waals surface area (Å²) in [6.07, 6.45) is 1.16. The number of nitrogens with one attached hydrogen (secondary N) is 1. The Hall–Kier alpha value is -4.73. The third-order valence-electron chi connectivity index (χ3n) is 5.80. The van der Waals surface area contributed by atoms with Crippen LogP contribution in [0.5, 0.6) is 5.75 Å². The number of alkyl carbamates (subject to hydrolysis) is 1. The van der Waals surface area contributed by atoms with Gasteiger partial charge < -0.3 is 9.47 Å². The Morgan fingerprint density at radius 1 is 1.06 bits per heavy atom. The third-order valence-corrected chi connectivity index (χ3v) is 5.80. The molecule has 4 aromatic rings. The average Bonchev–Trinajstić information content (AvgIpc) is 3.39. The van der Waals surface area contributed by atoms with E-state index in [0.717, 1.165) is 5.56 Å². The number of benzene rings is 3. The van der Waals surface area contributed by atoms with Gasteiger partial charge in [0.25, 0.3) is 11.6 Å². The van der Waals surface area contributed by atoms with E-state index >= 15 is 0 Å². The standard InChI is InChI=1S/C25H20N4O6/c30-23-25(35-24(31)26-23,19-4-2-1-3-5-19)15-17-6-9-21(10-7-17)34-13-12-28-16-18-14-20(29(32)33)8-11-22(18)27-28/h1-11,14,16H,12-13,15H2,(H,26,30,31). The summed E-state index contributed by atoms with van der Waals surface area (Å²) in [5.41, 5.74) is 0.667. The first-order chi connectivity index (χ1) is 16.9. The largest absolute Gasteiger partial charge is 0.492 e. The first kappa shape index (κ1) is 22.1. The molecule has 10 nitrogen and oxygen atoms in total. The molecule has 0 aliphatic carbocycles. The molecule has 1 aromatic heterocycles. The third kappa shape index (κ3) is 4.41. The van der Waals surface area contributed by atoms with E-state index in [0.29, 0.717) is 35.4 Å². The lowest BCUT2D eigenvalue weighted by Gasteiger charge is -2.25. The number of carbonyl (C=O) groups is 2. The van der Waals surface area contributed by atoms with Crippen molar-refractivity contribution in [2.24, 2.45) is 0 Å². The smallest absolute Gasteiger partial charge is 0.415 e. The minimum atomic E-state index is -1.42. The van der Waals surface area contributed by atoms with Crippen molar-refractivity contribution >= 4 is 28.6 Å². The molecule has 2 heterocycles. The maximum absolute atomic E-state index is 12.6. The predicted octanol–water partition coefficient (Wildman–Crippen LogP) is 3.73. The van der Waals surface area contributed by atoms with Gasteiger partial charge in [0.1, 0.15) is 12.4 Å². The maximum Gasteiger partial charge on any atom is 0.415 e. The van der Waals surface area contributed by atoms with E-state index < -0.39 is 22.5 Å². The summed E-state index contributed by atoms with van der Waals surface area (Å²) in [6.45, 7) is 0.793. The van der Waals surface area contributed by atoms with E-state index in [-0.39, 0.29) is 12.1 Å². The van der Waals surface area contributed by atoms with Crippen LogP contribution in [0.2, 0.25) is 0 Å². The quantitative estimate of drug-likeness (QED) is 0.306. The SMILES string of the molecule is O=C1NC(=O)C(Cc2ccc(OCCn3cc4cc([N+](=O)[O-])ccc4n3)cc2)(c2ccccc2)O1. The maximum atomic E-state index is 12.6. The van der Waals surface area contributed by atoms with E-state index in [9.17, 15) is 19.7 Å². The van der Waals surface area contributed by atoms with Crippen LogP contribution in [-0.2, 0) is 28.1 Å². The molecule has 2 amide bonds. The monoisotopic (exact) mass is 472 g/mol. The van der Waals surface area contributed by atoms with Gasteiger partial charge in [0, 0.05) is 35.7 Å². The highest BCUT2D eigenvalue weighted by Crippen LogP contribution is 2.34. The van der Waals surface area contributed by atoms with E-state index in [1.807, 2.05) is 18.2 Å². The number of hydrogen-bond donors (Lipinski definition) is 1. The van der Waals surface area contributed by atoms with Crippen LogP contribution in [0.25, 0.3) is 10.9 Å². The Morgan fingerprint density at radius 3 is 2.51 bits per heavy atom. The Morgan fingerprint density at radius 2 is 1.83 bits per heavy atom. The molecular weight excluding hydrogens is 452 g/mol. The fourth-order valence-electron chi connectivity index (χ4n) is 4.08. The van der Waals surface area contributed by atoms with Crippen molar-refractivity contribution in [2.45, 2.75) is 18.6 Å². The lowest BCUT2D eigenvalue weighted by molar-refractivity contribution is -0.384. The molecule has 0 bridgehead atoms. The zero-order valence-corrected chi connectivity index (χ0v) is 18.4. The summed E-state index contributed by atoms with van der Waals surface area (Å²) in [6, 6.07) is 20.7. The number of non-ortho nitro benzene ring substituents is 1. The zero-order valence-electron chi connectivity index (χ0n) is 18.4. The molecular formula is C25H20N4O6. The summed E-state index contributed by atoms with van der Waals surface area (Å²) in [5.74, 6) is 0.133. The van der Waals surface area contributed by atoms with E-state index in [2.05, 4.69) is 10.4 Å². The minimum Gasteiger partial charge on any atom is -0.492 e. The van der Waals surface area contributed by atoms with Crippen LogP contribution in [0, 0.1) is 10.1 Å². The number of carbonyl (C=O) groups excluding carboxylic acids is 2. The van der Waals surface area contributed by atoms with Gasteiger partial charge in [0.05, 0.1) is 17.0 Å². The second-order valence-corrected chi connectivity index (χ2v) is 8.10. The summed E-state index contributed by atoms with van der Waals surface area (Å²) >= 11 is 0. The molecule has 3 aromatic carbocycles. The topological polar surface area (TPSA) is 126 Å². The molecule has 176 valence electrons. The predicted molar refractivity (Wildman–Crippen MR) is 125 cm³/mol. The molecule has 1 fully saturated rings. The van der Waals surface area contributed by atoms with Crippen molar-refractivity contribution in [3.05, 3.63) is 100 Å². The van der Waals surface area contributed by atoms with Crippen LogP contribution in [0.1, 0.15) is 11.1 Å². The highest BCUT2D eigenvalue weighted by atomic mass is 16.6. The molecule has 1 atom stereocenters. The van der Waals surface area contributed by atoms with Crippen molar-refractivity contribution in [1.82, 2.24) is 15.1 Å². The van der Waals surface area contributed by atoms with Crippen LogP contribution in [-0.4, -0.2) is 33.3 Å². The number of amides is 2. The number of hydrogen-bond acceptors (Lipinski definition) is 7. The second-order valence-electron chi connectivity index (χ2n) is 8.10. The van der Waals surface area contributed by atoms with Crippen molar-refractivity contribution < 1.29 is 24.0 Å². The number of aromatic nitrogens is 2. The second kappa shape index (κ2) is 8.90. The summed E-state index contributed by atoms with van der Waals surface area (Å²) in [5, 5.41) is 18.3. The molecule has 0 spiro atoms. The highest BCUT2D eigenvalue weighted by molar-refractivity contribution is 6.03. The highest BCUT2D eigenvalue weighted by Gasteiger charge is 2.50. The molecule has 1 aliphatic heterocycles. The van der Waals surface area contributed by atoms with Crippen molar-refractivity contribution in [3.8, 4) is 5.75 Å². The van der Waals surface area contributed by atoms with Crippen molar-refractivity contribution in [1.29, 1.82) is 0 Å². The van der Waals surface area contributed by atoms with E-state index in [4.69, 9.17) is 9.47 Å². The zero-order chi connectivity index (χ0) is 24.4. The molecule has 5 rings (SSSR count). The molecule has 1 aliphatic rings. The number of nitrogens with zero attached hydrogens (tertiary/aromatic N) is 3. The average molecular weight is 472 g/mol. The number of cyclic esters (lactones) is 1. The fraction of sp³-hybridized carbons (Fsp3) is 0.160. The molecule has 1 N–H and O–H groups in total. The Balaban J connectivity index is 1.24. The summed E-state index contributed by atoms with van der Waals surface area (Å²) in [4.78, 5) is 35.0. The van der Waals surface area contributed by atoms with Crippen LogP contribution in [0.3, 0.4) is 0 Å². The summed E-state index contributed by atoms with van der Waals surface area (Å²) in [7, 11) is 0. The summed E-state index contributed by atoms with van der Waals surface area (Å²) < 4.78 is 12.9. The van der Waals surface area contributed by atoms with Crippen LogP contribution < -0.4 is 10.1 Å². The lowest BCUT2D eigenvalue weighted by Crippen LogP contribution is -2.38. The normalized spacial score (nSPS) is 17.3. The number of fused-ring (bicyclic) bond motifs is 1. The molecule has 10 heteroatoms. The van der Waals surface area contributed by atoms with E-state index in [1.165, 1.54) is 12.1 Å². The van der Waals surface area contributed by atoms with Crippen molar-refractivity contribution in [2.75, 3.05) is 6.61 Å². The van der Waals surface area contributed by atoms with Gasteiger partial charge in [0.2, 0.25) is 5.60 Å². The van der Waals surface area contributed by atoms with Gasteiger partial charge >= 0.3 is 6.09 Å². The fourth-order valence-corrected chi connectivity index (χ4v) is 4.08. The molecule has 1 unspecified atom stereocenters. The van der Waals surface area contributed by atoms with Crippen LogP contribution >= 0.6 is 0 Å². The Bertz CT molecular complexity index is 1420. The number of nitro benzene ring substituents is 1. The lowest BCUT2D eigenvalue weighted by atomic mass is 9.86. The van der Waals surface area contributed by atoms with Crippen LogP contribution in [0.4, 0.5) is 10.5 Å². The van der Waals surface area contributed by atoms with Gasteiger partial charge in [-0.2, -0.15) is 5.10 Å². The number of rotatable bonds is 8. The van der Waals surface area contributed by atoms with Gasteiger partial charge in [-0.05, 0) is 23.8 Å². The number of nitro groups is 1. The van der Waals surface area contributed by atoms with E-state index in [1.54, 1.807) is 53.3 Å². The van der Waals surface area contributed by atoms with Gasteiger partial charge in [-0.1, -0.05) is 42.5 Å². The Labute approximate surface area is 199 Å². The van der Waals surface area contributed by atoms with Gasteiger partial charge in [-0.3, -0.25) is 24.9 Å². The van der Waals surface area contributed by atoms with Crippen LogP contribution in [0.15, 0.2) is 79.0 Å². The van der Waals surface area contributed by atoms with Gasteiger partial charge in [-0.25, -0.2) is 4.79 Å². The molecule has 0 saturated carbocycles. The first-order valence-electron chi connectivity index (χ1n) is 10.9. The molecule has 35 heavy (non-hydrogen) atoms. The van der Waals surface area contributed by atoms with Gasteiger partial charge in [-0.15, -0.1) is 0 Å².